The largest absolute Gasteiger partial charge is 0.342 e. The van der Waals surface area contributed by atoms with Gasteiger partial charge in [0, 0.05) is 31.7 Å². The molecule has 2 N–H and O–H groups in total. The highest BCUT2D eigenvalue weighted by Crippen LogP contribution is 2.27. The van der Waals surface area contributed by atoms with E-state index in [9.17, 15) is 9.18 Å². The molecule has 0 unspecified atom stereocenters. The lowest BCUT2D eigenvalue weighted by Crippen LogP contribution is -2.42. The second-order valence-electron chi connectivity index (χ2n) is 6.25. The van der Waals surface area contributed by atoms with E-state index in [0.717, 1.165) is 12.8 Å². The van der Waals surface area contributed by atoms with Crippen LogP contribution in [-0.2, 0) is 7.05 Å². The maximum Gasteiger partial charge on any atom is 0.271 e. The van der Waals surface area contributed by atoms with Crippen molar-refractivity contribution in [2.24, 2.45) is 12.8 Å². The zero-order chi connectivity index (χ0) is 18.8. The van der Waals surface area contributed by atoms with Crippen LogP contribution in [0.1, 0.15) is 18.4 Å². The van der Waals surface area contributed by atoms with Gasteiger partial charge >= 0.3 is 0 Å². The first kappa shape index (κ1) is 17.7. The number of nitrogens with zero attached hydrogens (tertiary/aromatic N) is 4. The first-order valence-corrected chi connectivity index (χ1v) is 8.21. The van der Waals surface area contributed by atoms with Crippen LogP contribution in [0.25, 0.3) is 16.1 Å². The van der Waals surface area contributed by atoms with Gasteiger partial charge in [0.2, 0.25) is 11.6 Å². The van der Waals surface area contributed by atoms with Crippen molar-refractivity contribution in [1.82, 2.24) is 9.55 Å². The van der Waals surface area contributed by atoms with Gasteiger partial charge < -0.3 is 10.6 Å². The molecule has 26 heavy (non-hydrogen) atoms. The fourth-order valence-corrected chi connectivity index (χ4v) is 3.06. The predicted molar refractivity (Wildman–Crippen MR) is 98.5 cm³/mol. The quantitative estimate of drug-likeness (QED) is 0.664. The molecular formula is C19H18FN5O. The fourth-order valence-electron chi connectivity index (χ4n) is 3.06. The van der Waals surface area contributed by atoms with E-state index in [1.165, 1.54) is 16.7 Å². The van der Waals surface area contributed by atoms with Gasteiger partial charge in [-0.3, -0.25) is 9.36 Å². The molecule has 1 aromatic heterocycles. The lowest BCUT2D eigenvalue weighted by Gasteiger charge is -2.32. The van der Waals surface area contributed by atoms with Crippen LogP contribution in [0.2, 0.25) is 0 Å². The molecule has 2 aromatic rings. The van der Waals surface area contributed by atoms with Gasteiger partial charge in [0.1, 0.15) is 11.4 Å². The SMILES string of the molecule is [C-]#[N+]c1ccc(-c2nc(N3CCC(N)CC3)n(C)c(=O)c2C#C)cc1F. The molecular weight excluding hydrogens is 333 g/mol. The van der Waals surface area contributed by atoms with Crippen molar-refractivity contribution in [2.45, 2.75) is 18.9 Å². The number of halogens is 1. The fraction of sp³-hybridized carbons (Fsp3) is 0.316. The van der Waals surface area contributed by atoms with E-state index in [-0.39, 0.29) is 28.5 Å². The monoisotopic (exact) mass is 351 g/mol. The number of piperidine rings is 1. The van der Waals surface area contributed by atoms with Gasteiger partial charge in [-0.1, -0.05) is 18.1 Å². The number of benzene rings is 1. The van der Waals surface area contributed by atoms with Gasteiger partial charge in [-0.25, -0.2) is 14.2 Å². The third kappa shape index (κ3) is 3.05. The molecule has 0 bridgehead atoms. The van der Waals surface area contributed by atoms with Crippen molar-refractivity contribution in [3.63, 3.8) is 0 Å². The Kier molecular flexibility index (Phi) is 4.75. The van der Waals surface area contributed by atoms with E-state index in [2.05, 4.69) is 15.7 Å². The van der Waals surface area contributed by atoms with Crippen LogP contribution in [0.15, 0.2) is 23.0 Å². The van der Waals surface area contributed by atoms with Crippen molar-refractivity contribution in [2.75, 3.05) is 18.0 Å². The molecule has 6 nitrogen and oxygen atoms in total. The molecule has 1 saturated heterocycles. The first-order valence-electron chi connectivity index (χ1n) is 8.21. The normalized spacial score (nSPS) is 14.7. The molecule has 1 aliphatic rings. The van der Waals surface area contributed by atoms with E-state index in [1.807, 2.05) is 4.90 Å². The second-order valence-corrected chi connectivity index (χ2v) is 6.25. The topological polar surface area (TPSA) is 68.5 Å². The van der Waals surface area contributed by atoms with Gasteiger partial charge in [0.25, 0.3) is 5.56 Å². The third-order valence-corrected chi connectivity index (χ3v) is 4.58. The third-order valence-electron chi connectivity index (χ3n) is 4.58. The van der Waals surface area contributed by atoms with Crippen molar-refractivity contribution < 1.29 is 4.39 Å². The van der Waals surface area contributed by atoms with Gasteiger partial charge in [-0.05, 0) is 18.9 Å². The zero-order valence-electron chi connectivity index (χ0n) is 14.4. The summed E-state index contributed by atoms with van der Waals surface area (Å²) in [6.45, 7) is 8.32. The molecule has 132 valence electrons. The minimum Gasteiger partial charge on any atom is -0.342 e. The van der Waals surface area contributed by atoms with Crippen LogP contribution in [0, 0.1) is 24.7 Å². The van der Waals surface area contributed by atoms with Gasteiger partial charge in [-0.2, -0.15) is 0 Å². The predicted octanol–water partition coefficient (Wildman–Crippen LogP) is 2.05. The van der Waals surface area contributed by atoms with Crippen molar-refractivity contribution in [3.05, 3.63) is 51.4 Å². The van der Waals surface area contributed by atoms with Crippen molar-refractivity contribution in [3.8, 4) is 23.6 Å². The minimum absolute atomic E-state index is 0.0694. The molecule has 0 spiro atoms. The Morgan fingerprint density at radius 3 is 2.69 bits per heavy atom. The molecule has 7 heteroatoms. The highest BCUT2D eigenvalue weighted by Gasteiger charge is 2.23. The zero-order valence-corrected chi connectivity index (χ0v) is 14.4. The molecule has 0 atom stereocenters. The van der Waals surface area contributed by atoms with Crippen LogP contribution < -0.4 is 16.2 Å². The van der Waals surface area contributed by atoms with Gasteiger partial charge in [0.05, 0.1) is 12.3 Å². The molecule has 3 rings (SSSR count). The Hall–Kier alpha value is -3.16. The van der Waals surface area contributed by atoms with Crippen LogP contribution in [0.4, 0.5) is 16.0 Å². The number of rotatable bonds is 2. The number of anilines is 1. The summed E-state index contributed by atoms with van der Waals surface area (Å²) in [5.41, 5.74) is 6.18. The Labute approximate surface area is 150 Å². The molecule has 0 amide bonds. The molecule has 0 aliphatic carbocycles. The van der Waals surface area contributed by atoms with Crippen LogP contribution >= 0.6 is 0 Å². The summed E-state index contributed by atoms with van der Waals surface area (Å²) >= 11 is 0. The van der Waals surface area contributed by atoms with E-state index < -0.39 is 5.82 Å². The van der Waals surface area contributed by atoms with Gasteiger partial charge in [0.15, 0.2) is 0 Å². The number of nitrogens with two attached hydrogens (primary N) is 1. The molecule has 0 radical (unpaired) electrons. The summed E-state index contributed by atoms with van der Waals surface area (Å²) in [5.74, 6) is 2.18. The highest BCUT2D eigenvalue weighted by atomic mass is 19.1. The van der Waals surface area contributed by atoms with E-state index >= 15 is 0 Å². The number of hydrogen-bond acceptors (Lipinski definition) is 4. The van der Waals surface area contributed by atoms with Gasteiger partial charge in [-0.15, -0.1) is 6.42 Å². The Bertz CT molecular complexity index is 991. The summed E-state index contributed by atoms with van der Waals surface area (Å²) in [5, 5.41) is 0. The summed E-state index contributed by atoms with van der Waals surface area (Å²) in [7, 11) is 1.62. The molecule has 1 aromatic carbocycles. The average Bonchev–Trinajstić information content (AvgIpc) is 2.64. The van der Waals surface area contributed by atoms with Crippen molar-refractivity contribution >= 4 is 11.6 Å². The highest BCUT2D eigenvalue weighted by molar-refractivity contribution is 5.70. The second kappa shape index (κ2) is 6.99. The summed E-state index contributed by atoms with van der Waals surface area (Å²) in [4.78, 5) is 22.4. The van der Waals surface area contributed by atoms with Crippen LogP contribution in [0.5, 0.6) is 0 Å². The lowest BCUT2D eigenvalue weighted by molar-refractivity contribution is 0.490. The first-order chi connectivity index (χ1) is 12.5. The number of hydrogen-bond donors (Lipinski definition) is 1. The maximum absolute atomic E-state index is 14.0. The molecule has 0 saturated carbocycles. The van der Waals surface area contributed by atoms with Crippen molar-refractivity contribution in [1.29, 1.82) is 0 Å². The van der Waals surface area contributed by atoms with E-state index in [1.54, 1.807) is 13.1 Å². The molecule has 2 heterocycles. The smallest absolute Gasteiger partial charge is 0.271 e. The van der Waals surface area contributed by atoms with E-state index in [4.69, 9.17) is 18.7 Å². The Balaban J connectivity index is 2.16. The summed E-state index contributed by atoms with van der Waals surface area (Å²) < 4.78 is 15.5. The molecule has 1 fully saturated rings. The summed E-state index contributed by atoms with van der Waals surface area (Å²) in [6.07, 6.45) is 7.13. The maximum atomic E-state index is 14.0. The van der Waals surface area contributed by atoms with Crippen LogP contribution in [0.3, 0.4) is 0 Å². The number of aromatic nitrogens is 2. The average molecular weight is 351 g/mol. The Morgan fingerprint density at radius 2 is 2.12 bits per heavy atom. The summed E-state index contributed by atoms with van der Waals surface area (Å²) in [6, 6.07) is 4.24. The number of terminal acetylenes is 1. The molecule has 1 aliphatic heterocycles. The standard InChI is InChI=1S/C19H18FN5O/c1-4-14-17(12-5-6-16(22-2)15(20)11-12)23-19(24(3)18(14)26)25-9-7-13(21)8-10-25/h1,5-6,11,13H,7-10,21H2,3H3. The Morgan fingerprint density at radius 1 is 1.42 bits per heavy atom. The lowest BCUT2D eigenvalue weighted by atomic mass is 10.1. The minimum atomic E-state index is -0.673. The van der Waals surface area contributed by atoms with E-state index in [0.29, 0.717) is 24.6 Å². The van der Waals surface area contributed by atoms with Crippen LogP contribution in [-0.4, -0.2) is 28.7 Å².